The number of halogens is 1. The summed E-state index contributed by atoms with van der Waals surface area (Å²) in [7, 11) is 1.92. The number of rotatable bonds is 4. The average Bonchev–Trinajstić information content (AvgIpc) is 3.20. The number of aryl methyl sites for hydroxylation is 1. The molecule has 0 bridgehead atoms. The lowest BCUT2D eigenvalue weighted by molar-refractivity contribution is 0.149. The minimum Gasteiger partial charge on any atom is -0.410 e. The van der Waals surface area contributed by atoms with Gasteiger partial charge in [0.2, 0.25) is 0 Å². The molecular formula is C21H22FN5O2S. The van der Waals surface area contributed by atoms with Crippen LogP contribution in [-0.4, -0.2) is 51.7 Å². The average molecular weight is 428 g/mol. The molecule has 7 nitrogen and oxygen atoms in total. The normalized spacial score (nSPS) is 15.2. The molecule has 1 unspecified atom stereocenters. The molecule has 1 atom stereocenters. The van der Waals surface area contributed by atoms with Gasteiger partial charge >= 0.3 is 6.09 Å². The van der Waals surface area contributed by atoms with Crippen LogP contribution in [0.5, 0.6) is 5.75 Å². The van der Waals surface area contributed by atoms with Gasteiger partial charge in [0, 0.05) is 45.6 Å². The van der Waals surface area contributed by atoms with Gasteiger partial charge in [0.25, 0.3) is 0 Å². The first kappa shape index (κ1) is 20.2. The highest BCUT2D eigenvalue weighted by Crippen LogP contribution is 2.28. The summed E-state index contributed by atoms with van der Waals surface area (Å²) < 4.78 is 20.5. The van der Waals surface area contributed by atoms with E-state index >= 15 is 0 Å². The molecule has 3 heterocycles. The lowest BCUT2D eigenvalue weighted by Crippen LogP contribution is -2.49. The van der Waals surface area contributed by atoms with E-state index in [-0.39, 0.29) is 17.2 Å². The Hall–Kier alpha value is -3.07. The van der Waals surface area contributed by atoms with Crippen molar-refractivity contribution in [2.45, 2.75) is 5.25 Å². The van der Waals surface area contributed by atoms with E-state index in [1.54, 1.807) is 29.3 Å². The number of hydrogen-bond acceptors (Lipinski definition) is 6. The Labute approximate surface area is 179 Å². The number of pyridine rings is 1. The Morgan fingerprint density at radius 2 is 1.83 bits per heavy atom. The summed E-state index contributed by atoms with van der Waals surface area (Å²) in [6, 6.07) is 10.3. The first-order valence-electron chi connectivity index (χ1n) is 9.60. The number of ether oxygens (including phenoxy) is 1. The summed E-state index contributed by atoms with van der Waals surface area (Å²) in [6.07, 6.45) is 4.42. The number of benzene rings is 1. The van der Waals surface area contributed by atoms with Crippen molar-refractivity contribution in [1.29, 1.82) is 0 Å². The molecule has 3 aromatic rings. The number of carbonyl (C=O) groups excluding carboxylic acids is 1. The molecule has 1 amide bonds. The van der Waals surface area contributed by atoms with Gasteiger partial charge in [-0.05, 0) is 29.8 Å². The van der Waals surface area contributed by atoms with Crippen LogP contribution in [0.3, 0.4) is 0 Å². The van der Waals surface area contributed by atoms with Gasteiger partial charge in [-0.1, -0.05) is 12.1 Å². The van der Waals surface area contributed by atoms with Crippen LogP contribution in [-0.2, 0) is 7.05 Å². The van der Waals surface area contributed by atoms with Gasteiger partial charge in [0.1, 0.15) is 23.2 Å². The number of piperazine rings is 1. The van der Waals surface area contributed by atoms with Crippen LogP contribution in [0, 0.1) is 5.82 Å². The number of thiol groups is 1. The van der Waals surface area contributed by atoms with Crippen molar-refractivity contribution >= 4 is 24.5 Å². The molecular weight excluding hydrogens is 405 g/mol. The smallest absolute Gasteiger partial charge is 0.410 e. The minimum absolute atomic E-state index is 0.164. The van der Waals surface area contributed by atoms with Gasteiger partial charge in [-0.15, -0.1) is 0 Å². The number of hydrogen-bond donors (Lipinski definition) is 1. The Balaban J connectivity index is 1.32. The zero-order chi connectivity index (χ0) is 21.1. The van der Waals surface area contributed by atoms with E-state index < -0.39 is 0 Å². The lowest BCUT2D eigenvalue weighted by Gasteiger charge is -2.34. The third-order valence-corrected chi connectivity index (χ3v) is 5.61. The van der Waals surface area contributed by atoms with E-state index in [2.05, 4.69) is 22.6 Å². The number of carbonyl (C=O) groups is 1. The molecule has 0 radical (unpaired) electrons. The molecule has 156 valence electrons. The van der Waals surface area contributed by atoms with E-state index in [0.29, 0.717) is 37.7 Å². The fourth-order valence-electron chi connectivity index (χ4n) is 3.35. The first-order valence-corrected chi connectivity index (χ1v) is 10.1. The molecule has 4 rings (SSSR count). The summed E-state index contributed by atoms with van der Waals surface area (Å²) in [4.78, 5) is 24.6. The predicted molar refractivity (Wildman–Crippen MR) is 114 cm³/mol. The van der Waals surface area contributed by atoms with Gasteiger partial charge in [-0.25, -0.2) is 19.2 Å². The molecule has 1 aliphatic heterocycles. The maximum Gasteiger partial charge on any atom is 0.415 e. The number of imidazole rings is 1. The fourth-order valence-corrected chi connectivity index (χ4v) is 3.77. The molecule has 9 heteroatoms. The third-order valence-electron chi connectivity index (χ3n) is 5.08. The first-order chi connectivity index (χ1) is 14.5. The van der Waals surface area contributed by atoms with Crippen molar-refractivity contribution in [3.8, 4) is 5.75 Å². The summed E-state index contributed by atoms with van der Waals surface area (Å²) in [5.41, 5.74) is 0.966. The predicted octanol–water partition coefficient (Wildman–Crippen LogP) is 3.29. The van der Waals surface area contributed by atoms with Gasteiger partial charge in [0.05, 0.1) is 11.4 Å². The van der Waals surface area contributed by atoms with Crippen molar-refractivity contribution in [2.24, 2.45) is 7.05 Å². The van der Waals surface area contributed by atoms with E-state index in [1.807, 2.05) is 34.8 Å². The van der Waals surface area contributed by atoms with Crippen molar-refractivity contribution in [2.75, 3.05) is 31.1 Å². The molecule has 0 aliphatic carbocycles. The molecule has 0 N–H and O–H groups in total. The lowest BCUT2D eigenvalue weighted by atomic mass is 10.1. The Morgan fingerprint density at radius 3 is 2.43 bits per heavy atom. The zero-order valence-electron chi connectivity index (χ0n) is 16.5. The highest BCUT2D eigenvalue weighted by Gasteiger charge is 2.23. The number of nitrogens with zero attached hydrogens (tertiary/aromatic N) is 5. The quantitative estimate of drug-likeness (QED) is 0.648. The second-order valence-electron chi connectivity index (χ2n) is 7.04. The SMILES string of the molecule is Cn1ccnc1C(S)c1ccc(OC(=O)N2CCN(c3ccc(F)cn3)CC2)cc1. The topological polar surface area (TPSA) is 63.5 Å². The van der Waals surface area contributed by atoms with Crippen molar-refractivity contribution in [3.63, 3.8) is 0 Å². The molecule has 30 heavy (non-hydrogen) atoms. The van der Waals surface area contributed by atoms with Crippen LogP contribution in [0.2, 0.25) is 0 Å². The Bertz CT molecular complexity index is 1000. The van der Waals surface area contributed by atoms with Gasteiger partial charge in [-0.2, -0.15) is 12.6 Å². The molecule has 0 spiro atoms. The zero-order valence-corrected chi connectivity index (χ0v) is 17.4. The van der Waals surface area contributed by atoms with Crippen molar-refractivity contribution in [1.82, 2.24) is 19.4 Å². The molecule has 2 aromatic heterocycles. The van der Waals surface area contributed by atoms with Crippen LogP contribution >= 0.6 is 12.6 Å². The molecule has 1 aliphatic rings. The fraction of sp³-hybridized carbons (Fsp3) is 0.286. The number of anilines is 1. The second kappa shape index (κ2) is 8.74. The van der Waals surface area contributed by atoms with Crippen LogP contribution in [0.4, 0.5) is 15.0 Å². The highest BCUT2D eigenvalue weighted by atomic mass is 32.1. The van der Waals surface area contributed by atoms with Gasteiger partial charge < -0.3 is 19.1 Å². The largest absolute Gasteiger partial charge is 0.415 e. The maximum atomic E-state index is 13.0. The van der Waals surface area contributed by atoms with Gasteiger partial charge in [-0.3, -0.25) is 0 Å². The van der Waals surface area contributed by atoms with Crippen LogP contribution in [0.25, 0.3) is 0 Å². The van der Waals surface area contributed by atoms with E-state index in [4.69, 9.17) is 4.74 Å². The number of amides is 1. The van der Waals surface area contributed by atoms with Gasteiger partial charge in [0.15, 0.2) is 0 Å². The molecule has 0 saturated carbocycles. The summed E-state index contributed by atoms with van der Waals surface area (Å²) in [6.45, 7) is 2.23. The van der Waals surface area contributed by atoms with Crippen molar-refractivity contribution in [3.05, 3.63) is 72.2 Å². The van der Waals surface area contributed by atoms with E-state index in [9.17, 15) is 9.18 Å². The standard InChI is InChI=1S/C21H22FN5O2S/c1-25-9-8-23-20(25)19(30)15-2-5-17(6-3-15)29-21(28)27-12-10-26(11-13-27)18-7-4-16(22)14-24-18/h2-9,14,19,30H,10-13H2,1H3. The summed E-state index contributed by atoms with van der Waals surface area (Å²) >= 11 is 4.65. The van der Waals surface area contributed by atoms with Crippen molar-refractivity contribution < 1.29 is 13.9 Å². The summed E-state index contributed by atoms with van der Waals surface area (Å²) in [5.74, 6) is 1.66. The molecule has 1 fully saturated rings. The van der Waals surface area contributed by atoms with Crippen LogP contribution in [0.15, 0.2) is 55.0 Å². The minimum atomic E-state index is -0.388. The third kappa shape index (κ3) is 4.40. The van der Waals surface area contributed by atoms with Crippen LogP contribution in [0.1, 0.15) is 16.6 Å². The van der Waals surface area contributed by atoms with E-state index in [1.165, 1.54) is 12.3 Å². The Kier molecular flexibility index (Phi) is 5.89. The monoisotopic (exact) mass is 427 g/mol. The summed E-state index contributed by atoms with van der Waals surface area (Å²) in [5, 5.41) is -0.164. The maximum absolute atomic E-state index is 13.0. The Morgan fingerprint density at radius 1 is 1.10 bits per heavy atom. The highest BCUT2D eigenvalue weighted by molar-refractivity contribution is 7.80. The van der Waals surface area contributed by atoms with E-state index in [0.717, 1.165) is 11.4 Å². The van der Waals surface area contributed by atoms with Crippen LogP contribution < -0.4 is 9.64 Å². The molecule has 1 saturated heterocycles. The molecule has 1 aromatic carbocycles. The second-order valence-corrected chi connectivity index (χ2v) is 7.56. The number of aromatic nitrogens is 3.